The molecule has 0 radical (unpaired) electrons. The third-order valence-electron chi connectivity index (χ3n) is 4.39. The van der Waals surface area contributed by atoms with Gasteiger partial charge < -0.3 is 4.90 Å². The number of hydrogen-bond donors (Lipinski definition) is 0. The Morgan fingerprint density at radius 3 is 2.60 bits per heavy atom. The van der Waals surface area contributed by atoms with E-state index in [2.05, 4.69) is 29.1 Å². The zero-order chi connectivity index (χ0) is 17.4. The lowest BCUT2D eigenvalue weighted by Gasteiger charge is -2.21. The first-order valence-electron chi connectivity index (χ1n) is 8.38. The summed E-state index contributed by atoms with van der Waals surface area (Å²) in [6, 6.07) is 14.4. The molecule has 25 heavy (non-hydrogen) atoms. The van der Waals surface area contributed by atoms with Crippen molar-refractivity contribution in [3.8, 4) is 11.3 Å². The number of rotatable bonds is 4. The number of fused-ring (bicyclic) bond motifs is 3. The summed E-state index contributed by atoms with van der Waals surface area (Å²) in [7, 11) is 0. The fourth-order valence-corrected chi connectivity index (χ4v) is 3.13. The van der Waals surface area contributed by atoms with Gasteiger partial charge in [-0.25, -0.2) is 9.37 Å². The van der Waals surface area contributed by atoms with E-state index in [1.165, 1.54) is 12.1 Å². The lowest BCUT2D eigenvalue weighted by Crippen LogP contribution is -2.23. The highest BCUT2D eigenvalue weighted by atomic mass is 19.1. The smallest absolute Gasteiger partial charge is 0.186 e. The predicted molar refractivity (Wildman–Crippen MR) is 97.2 cm³/mol. The van der Waals surface area contributed by atoms with Gasteiger partial charge in [-0.15, -0.1) is 5.10 Å². The van der Waals surface area contributed by atoms with Crippen LogP contribution in [0.15, 0.2) is 48.5 Å². The van der Waals surface area contributed by atoms with E-state index >= 15 is 0 Å². The first kappa shape index (κ1) is 15.5. The minimum Gasteiger partial charge on any atom is -0.357 e. The normalized spacial score (nSPS) is 11.3. The van der Waals surface area contributed by atoms with Crippen molar-refractivity contribution in [2.45, 2.75) is 13.8 Å². The van der Waals surface area contributed by atoms with Gasteiger partial charge in [0.25, 0.3) is 0 Å². The zero-order valence-corrected chi connectivity index (χ0v) is 14.1. The summed E-state index contributed by atoms with van der Waals surface area (Å²) >= 11 is 0. The molecule has 2 heterocycles. The third-order valence-corrected chi connectivity index (χ3v) is 4.39. The molecule has 0 amide bonds. The van der Waals surface area contributed by atoms with Crippen molar-refractivity contribution in [3.63, 3.8) is 0 Å². The molecule has 0 bridgehead atoms. The van der Waals surface area contributed by atoms with Crippen LogP contribution in [-0.4, -0.2) is 32.9 Å². The predicted octanol–water partition coefficient (Wildman–Crippen LogP) is 3.93. The third kappa shape index (κ3) is 2.50. The molecule has 4 rings (SSSR count). The Bertz CT molecular complexity index is 1050. The number of aromatic nitrogens is 4. The number of hydrogen-bond acceptors (Lipinski definition) is 4. The van der Waals surface area contributed by atoms with Gasteiger partial charge >= 0.3 is 0 Å². The van der Waals surface area contributed by atoms with Gasteiger partial charge in [-0.05, 0) is 38.1 Å². The Labute approximate surface area is 144 Å². The van der Waals surface area contributed by atoms with Crippen LogP contribution < -0.4 is 4.90 Å². The fourth-order valence-electron chi connectivity index (χ4n) is 3.13. The summed E-state index contributed by atoms with van der Waals surface area (Å²) in [5, 5.41) is 9.56. The Balaban J connectivity index is 2.06. The molecule has 4 aromatic rings. The minimum absolute atomic E-state index is 0.302. The lowest BCUT2D eigenvalue weighted by molar-refractivity contribution is 0.628. The zero-order valence-electron chi connectivity index (χ0n) is 14.1. The van der Waals surface area contributed by atoms with Gasteiger partial charge in [0.15, 0.2) is 5.65 Å². The summed E-state index contributed by atoms with van der Waals surface area (Å²) in [4.78, 5) is 7.05. The van der Waals surface area contributed by atoms with Gasteiger partial charge in [0, 0.05) is 24.0 Å². The van der Waals surface area contributed by atoms with Crippen LogP contribution >= 0.6 is 0 Å². The van der Waals surface area contributed by atoms with Crippen LogP contribution in [0, 0.1) is 5.82 Å². The second-order valence-electron chi connectivity index (χ2n) is 5.81. The molecular formula is C19H18FN5. The molecule has 2 aromatic heterocycles. The minimum atomic E-state index is -0.302. The number of para-hydroxylation sites is 1. The number of halogens is 1. The quantitative estimate of drug-likeness (QED) is 0.567. The van der Waals surface area contributed by atoms with Crippen molar-refractivity contribution < 1.29 is 4.39 Å². The summed E-state index contributed by atoms with van der Waals surface area (Å²) in [5.74, 6) is 0.594. The van der Waals surface area contributed by atoms with E-state index in [-0.39, 0.29) is 5.82 Å². The van der Waals surface area contributed by atoms with Crippen LogP contribution in [0.4, 0.5) is 10.2 Å². The lowest BCUT2D eigenvalue weighted by atomic mass is 10.1. The molecule has 0 fully saturated rings. The molecular weight excluding hydrogens is 317 g/mol. The molecule has 6 heteroatoms. The van der Waals surface area contributed by atoms with Crippen LogP contribution in [0.5, 0.6) is 0 Å². The Morgan fingerprint density at radius 1 is 1.04 bits per heavy atom. The molecule has 0 saturated carbocycles. The number of nitrogens with zero attached hydrogens (tertiary/aromatic N) is 5. The summed E-state index contributed by atoms with van der Waals surface area (Å²) in [6.45, 7) is 5.90. The van der Waals surface area contributed by atoms with Crippen molar-refractivity contribution in [2.24, 2.45) is 0 Å². The molecule has 0 aliphatic heterocycles. The average molecular weight is 335 g/mol. The SMILES string of the molecule is CCN(CC)c1nc2c(-c3cccc(F)c3)nnn2c2ccccc12. The molecule has 0 N–H and O–H groups in total. The Kier molecular flexibility index (Phi) is 3.80. The van der Waals surface area contributed by atoms with Crippen LogP contribution in [-0.2, 0) is 0 Å². The maximum atomic E-state index is 13.6. The number of anilines is 1. The summed E-state index contributed by atoms with van der Waals surface area (Å²) < 4.78 is 15.4. The van der Waals surface area contributed by atoms with Crippen molar-refractivity contribution in [1.29, 1.82) is 0 Å². The van der Waals surface area contributed by atoms with Crippen LogP contribution in [0.1, 0.15) is 13.8 Å². The van der Waals surface area contributed by atoms with E-state index in [9.17, 15) is 4.39 Å². The first-order valence-corrected chi connectivity index (χ1v) is 8.38. The first-order chi connectivity index (χ1) is 12.2. The van der Waals surface area contributed by atoms with Crippen molar-refractivity contribution in [3.05, 3.63) is 54.3 Å². The molecule has 0 atom stereocenters. The summed E-state index contributed by atoms with van der Waals surface area (Å²) in [5.41, 5.74) is 2.82. The fraction of sp³-hybridized carbons (Fsp3) is 0.211. The molecule has 2 aromatic carbocycles. The highest BCUT2D eigenvalue weighted by Crippen LogP contribution is 2.29. The van der Waals surface area contributed by atoms with Gasteiger partial charge in [0.2, 0.25) is 0 Å². The van der Waals surface area contributed by atoms with Crippen molar-refractivity contribution in [1.82, 2.24) is 19.8 Å². The van der Waals surface area contributed by atoms with Gasteiger partial charge in [0.05, 0.1) is 5.52 Å². The second-order valence-corrected chi connectivity index (χ2v) is 5.81. The van der Waals surface area contributed by atoms with Crippen molar-refractivity contribution >= 4 is 22.4 Å². The molecule has 0 aliphatic carbocycles. The Morgan fingerprint density at radius 2 is 1.84 bits per heavy atom. The molecule has 5 nitrogen and oxygen atoms in total. The topological polar surface area (TPSA) is 46.3 Å². The standard InChI is InChI=1S/C19H18FN5/c1-3-24(4-2)18-15-10-5-6-11-16(15)25-19(21-18)17(22-23-25)13-8-7-9-14(20)12-13/h5-12H,3-4H2,1-2H3. The molecule has 0 saturated heterocycles. The van der Waals surface area contributed by atoms with Crippen LogP contribution in [0.3, 0.4) is 0 Å². The van der Waals surface area contributed by atoms with E-state index < -0.39 is 0 Å². The molecule has 0 spiro atoms. The maximum Gasteiger partial charge on any atom is 0.186 e. The number of benzene rings is 2. The Hall–Kier alpha value is -3.02. The van der Waals surface area contributed by atoms with Gasteiger partial charge in [-0.2, -0.15) is 4.52 Å². The van der Waals surface area contributed by atoms with E-state index in [0.717, 1.165) is 29.8 Å². The maximum absolute atomic E-state index is 13.6. The van der Waals surface area contributed by atoms with Gasteiger partial charge in [-0.1, -0.05) is 29.5 Å². The van der Waals surface area contributed by atoms with E-state index in [1.54, 1.807) is 10.6 Å². The van der Waals surface area contributed by atoms with Crippen LogP contribution in [0.25, 0.3) is 27.8 Å². The average Bonchev–Trinajstić information content (AvgIpc) is 3.07. The van der Waals surface area contributed by atoms with E-state index in [0.29, 0.717) is 16.9 Å². The second kappa shape index (κ2) is 6.12. The van der Waals surface area contributed by atoms with Gasteiger partial charge in [-0.3, -0.25) is 0 Å². The highest BCUT2D eigenvalue weighted by molar-refractivity contribution is 5.93. The highest BCUT2D eigenvalue weighted by Gasteiger charge is 2.18. The molecule has 126 valence electrons. The monoisotopic (exact) mass is 335 g/mol. The van der Waals surface area contributed by atoms with Crippen LogP contribution in [0.2, 0.25) is 0 Å². The largest absolute Gasteiger partial charge is 0.357 e. The summed E-state index contributed by atoms with van der Waals surface area (Å²) in [6.07, 6.45) is 0. The van der Waals surface area contributed by atoms with E-state index in [4.69, 9.17) is 4.98 Å². The van der Waals surface area contributed by atoms with E-state index in [1.807, 2.05) is 30.3 Å². The molecule has 0 unspecified atom stereocenters. The van der Waals surface area contributed by atoms with Crippen molar-refractivity contribution in [2.75, 3.05) is 18.0 Å². The molecule has 0 aliphatic rings. The van der Waals surface area contributed by atoms with Gasteiger partial charge in [0.1, 0.15) is 17.3 Å².